The van der Waals surface area contributed by atoms with Crippen molar-refractivity contribution >= 4 is 27.6 Å². The van der Waals surface area contributed by atoms with Crippen LogP contribution in [0.25, 0.3) is 11.1 Å². The monoisotopic (exact) mass is 466 g/mol. The number of carbonyl (C=O) groups excluding carboxylic acids is 1. The zero-order valence-corrected chi connectivity index (χ0v) is 19.0. The lowest BCUT2D eigenvalue weighted by Crippen LogP contribution is -2.42. The van der Waals surface area contributed by atoms with Crippen molar-refractivity contribution in [2.24, 2.45) is 0 Å². The van der Waals surface area contributed by atoms with Gasteiger partial charge in [-0.15, -0.1) is 0 Å². The Hall–Kier alpha value is -3.49. The van der Waals surface area contributed by atoms with E-state index in [2.05, 4.69) is 4.72 Å². The predicted octanol–water partition coefficient (Wildman–Crippen LogP) is 3.92. The summed E-state index contributed by atoms with van der Waals surface area (Å²) in [5.41, 5.74) is 2.49. The molecule has 33 heavy (non-hydrogen) atoms. The third kappa shape index (κ3) is 6.27. The fourth-order valence-corrected chi connectivity index (χ4v) is 4.68. The molecule has 0 saturated carbocycles. The molecule has 0 saturated heterocycles. The number of rotatable bonds is 10. The van der Waals surface area contributed by atoms with Crippen molar-refractivity contribution in [1.82, 2.24) is 4.72 Å². The van der Waals surface area contributed by atoms with Crippen LogP contribution in [0.15, 0.2) is 89.8 Å². The van der Waals surface area contributed by atoms with Crippen LogP contribution in [0.5, 0.6) is 0 Å². The Morgan fingerprint density at radius 2 is 1.42 bits per heavy atom. The first-order valence-corrected chi connectivity index (χ1v) is 12.1. The van der Waals surface area contributed by atoms with E-state index in [1.165, 1.54) is 17.0 Å². The second kappa shape index (κ2) is 10.9. The molecule has 2 N–H and O–H groups in total. The molecule has 8 heteroatoms. The molecule has 0 spiro atoms. The third-order valence-corrected chi connectivity index (χ3v) is 6.69. The Kier molecular flexibility index (Phi) is 7.97. The normalized spacial score (nSPS) is 12.2. The highest BCUT2D eigenvalue weighted by Gasteiger charge is 2.27. The van der Waals surface area contributed by atoms with Gasteiger partial charge in [-0.2, -0.15) is 4.72 Å². The molecule has 0 aromatic heterocycles. The van der Waals surface area contributed by atoms with Gasteiger partial charge in [-0.1, -0.05) is 60.7 Å². The van der Waals surface area contributed by atoms with Gasteiger partial charge in [0.2, 0.25) is 15.9 Å². The van der Waals surface area contributed by atoms with Gasteiger partial charge in [0.25, 0.3) is 0 Å². The maximum atomic E-state index is 12.8. The van der Waals surface area contributed by atoms with Crippen LogP contribution in [-0.4, -0.2) is 38.0 Å². The number of nitrogens with one attached hydrogen (secondary N) is 1. The second-order valence-electron chi connectivity index (χ2n) is 7.41. The van der Waals surface area contributed by atoms with Crippen LogP contribution in [0.4, 0.5) is 5.69 Å². The standard InChI is InChI=1S/C25H26N2O5S/c1-2-27(21-11-7-4-8-12-21)24(28)18-17-23(25(29)30)26-33(31,32)22-15-13-20(14-16-22)19-9-5-3-6-10-19/h3-16,23,26H,2,17-18H2,1H3,(H,29,30)/t23-/m0/s1. The van der Waals surface area contributed by atoms with E-state index in [0.717, 1.165) is 11.1 Å². The van der Waals surface area contributed by atoms with Crippen LogP contribution in [0.2, 0.25) is 0 Å². The lowest BCUT2D eigenvalue weighted by molar-refractivity contribution is -0.139. The van der Waals surface area contributed by atoms with Gasteiger partial charge >= 0.3 is 5.97 Å². The maximum Gasteiger partial charge on any atom is 0.321 e. The van der Waals surface area contributed by atoms with Crippen molar-refractivity contribution in [1.29, 1.82) is 0 Å². The van der Waals surface area contributed by atoms with Crippen molar-refractivity contribution < 1.29 is 23.1 Å². The molecular formula is C25H26N2O5S. The molecule has 3 aromatic carbocycles. The number of para-hydroxylation sites is 1. The first kappa shape index (κ1) is 24.2. The molecule has 0 aliphatic carbocycles. The number of hydrogen-bond donors (Lipinski definition) is 2. The molecule has 0 heterocycles. The second-order valence-corrected chi connectivity index (χ2v) is 9.13. The number of nitrogens with zero attached hydrogens (tertiary/aromatic N) is 1. The summed E-state index contributed by atoms with van der Waals surface area (Å²) in [5.74, 6) is -1.61. The molecule has 0 fully saturated rings. The molecule has 0 radical (unpaired) electrons. The molecule has 0 bridgehead atoms. The van der Waals surface area contributed by atoms with E-state index in [-0.39, 0.29) is 23.6 Å². The number of carbonyl (C=O) groups is 2. The van der Waals surface area contributed by atoms with Crippen molar-refractivity contribution in [3.63, 3.8) is 0 Å². The van der Waals surface area contributed by atoms with Gasteiger partial charge in [-0.3, -0.25) is 9.59 Å². The zero-order chi connectivity index (χ0) is 23.8. The summed E-state index contributed by atoms with van der Waals surface area (Å²) in [6, 6.07) is 23.3. The first-order chi connectivity index (χ1) is 15.8. The molecule has 3 rings (SSSR count). The van der Waals surface area contributed by atoms with E-state index in [1.54, 1.807) is 24.3 Å². The van der Waals surface area contributed by atoms with E-state index in [0.29, 0.717) is 12.2 Å². The van der Waals surface area contributed by atoms with Crippen LogP contribution < -0.4 is 9.62 Å². The summed E-state index contributed by atoms with van der Waals surface area (Å²) < 4.78 is 27.8. The van der Waals surface area contributed by atoms with Gasteiger partial charge in [-0.05, 0) is 48.7 Å². The van der Waals surface area contributed by atoms with Crippen molar-refractivity contribution in [3.05, 3.63) is 84.9 Å². The lowest BCUT2D eigenvalue weighted by atomic mass is 10.1. The Labute approximate surface area is 193 Å². The van der Waals surface area contributed by atoms with Crippen LogP contribution >= 0.6 is 0 Å². The molecule has 0 aliphatic rings. The van der Waals surface area contributed by atoms with Crippen LogP contribution in [-0.2, 0) is 19.6 Å². The quantitative estimate of drug-likeness (QED) is 0.471. The Bertz CT molecular complexity index is 1180. The molecule has 172 valence electrons. The smallest absolute Gasteiger partial charge is 0.321 e. The van der Waals surface area contributed by atoms with Crippen LogP contribution in [0.1, 0.15) is 19.8 Å². The predicted molar refractivity (Wildman–Crippen MR) is 127 cm³/mol. The molecule has 3 aromatic rings. The Morgan fingerprint density at radius 3 is 1.97 bits per heavy atom. The summed E-state index contributed by atoms with van der Waals surface area (Å²) in [6.45, 7) is 2.24. The minimum atomic E-state index is -4.09. The van der Waals surface area contributed by atoms with Crippen molar-refractivity contribution in [2.45, 2.75) is 30.7 Å². The molecule has 0 unspecified atom stereocenters. The molecule has 1 amide bonds. The summed E-state index contributed by atoms with van der Waals surface area (Å²) in [5, 5.41) is 9.55. The number of aliphatic carboxylic acids is 1. The van der Waals surface area contributed by atoms with E-state index >= 15 is 0 Å². The van der Waals surface area contributed by atoms with Gasteiger partial charge in [0, 0.05) is 18.7 Å². The van der Waals surface area contributed by atoms with Gasteiger partial charge < -0.3 is 10.0 Å². The van der Waals surface area contributed by atoms with E-state index in [4.69, 9.17) is 0 Å². The lowest BCUT2D eigenvalue weighted by Gasteiger charge is -2.22. The van der Waals surface area contributed by atoms with Gasteiger partial charge in [0.05, 0.1) is 4.90 Å². The minimum absolute atomic E-state index is 0.0424. The number of anilines is 1. The zero-order valence-electron chi connectivity index (χ0n) is 18.2. The summed E-state index contributed by atoms with van der Waals surface area (Å²) in [6.07, 6.45) is -0.284. The number of amides is 1. The van der Waals surface area contributed by atoms with Gasteiger partial charge in [0.15, 0.2) is 0 Å². The summed E-state index contributed by atoms with van der Waals surface area (Å²) >= 11 is 0. The third-order valence-electron chi connectivity index (χ3n) is 5.20. The average Bonchev–Trinajstić information content (AvgIpc) is 2.83. The Morgan fingerprint density at radius 1 is 0.879 bits per heavy atom. The van der Waals surface area contributed by atoms with Gasteiger partial charge in [-0.25, -0.2) is 8.42 Å². The fraction of sp³-hybridized carbons (Fsp3) is 0.200. The summed E-state index contributed by atoms with van der Waals surface area (Å²) in [7, 11) is -4.09. The highest BCUT2D eigenvalue weighted by molar-refractivity contribution is 7.89. The highest BCUT2D eigenvalue weighted by Crippen LogP contribution is 2.21. The average molecular weight is 467 g/mol. The topological polar surface area (TPSA) is 104 Å². The molecule has 1 atom stereocenters. The maximum absolute atomic E-state index is 12.8. The molecule has 0 aliphatic heterocycles. The van der Waals surface area contributed by atoms with Crippen molar-refractivity contribution in [2.75, 3.05) is 11.4 Å². The highest BCUT2D eigenvalue weighted by atomic mass is 32.2. The SMILES string of the molecule is CCN(C(=O)CC[C@H](NS(=O)(=O)c1ccc(-c2ccccc2)cc1)C(=O)O)c1ccccc1. The fourth-order valence-electron chi connectivity index (χ4n) is 3.46. The van der Waals surface area contributed by atoms with Crippen LogP contribution in [0, 0.1) is 0 Å². The Balaban J connectivity index is 1.68. The molecular weight excluding hydrogens is 440 g/mol. The van der Waals surface area contributed by atoms with E-state index < -0.39 is 22.0 Å². The molecule has 7 nitrogen and oxygen atoms in total. The van der Waals surface area contributed by atoms with Crippen molar-refractivity contribution in [3.8, 4) is 11.1 Å². The first-order valence-electron chi connectivity index (χ1n) is 10.6. The number of benzene rings is 3. The van der Waals surface area contributed by atoms with E-state index in [9.17, 15) is 23.1 Å². The largest absolute Gasteiger partial charge is 0.480 e. The number of sulfonamides is 1. The van der Waals surface area contributed by atoms with E-state index in [1.807, 2.05) is 55.5 Å². The van der Waals surface area contributed by atoms with Gasteiger partial charge in [0.1, 0.15) is 6.04 Å². The minimum Gasteiger partial charge on any atom is -0.480 e. The summed E-state index contributed by atoms with van der Waals surface area (Å²) in [4.78, 5) is 25.9. The number of carboxylic acids is 1. The van der Waals surface area contributed by atoms with Crippen LogP contribution in [0.3, 0.4) is 0 Å². The number of hydrogen-bond acceptors (Lipinski definition) is 4. The number of carboxylic acid groups (broad SMARTS) is 1.